The van der Waals surface area contributed by atoms with Crippen LogP contribution in [0.5, 0.6) is 0 Å². The number of carbonyl (C=O) groups excluding carboxylic acids is 1. The molecule has 0 radical (unpaired) electrons. The van der Waals surface area contributed by atoms with Crippen LogP contribution >= 0.6 is 0 Å². The highest BCUT2D eigenvalue weighted by molar-refractivity contribution is 7.94. The van der Waals surface area contributed by atoms with Crippen LogP contribution in [0, 0.1) is 0 Å². The fraction of sp³-hybridized carbons (Fsp3) is 0.833. The number of unbranched alkanes of at least 4 members (excludes halogenated alkanes) is 1. The van der Waals surface area contributed by atoms with Crippen molar-refractivity contribution in [2.24, 2.45) is 0 Å². The maximum Gasteiger partial charge on any atom is 0.325 e. The van der Waals surface area contributed by atoms with Crippen molar-refractivity contribution in [3.63, 3.8) is 0 Å². The minimum Gasteiger partial charge on any atom is -0.480 e. The van der Waals surface area contributed by atoms with Crippen molar-refractivity contribution in [2.75, 3.05) is 12.3 Å². The smallest absolute Gasteiger partial charge is 0.325 e. The highest BCUT2D eigenvalue weighted by Crippen LogP contribution is 2.27. The van der Waals surface area contributed by atoms with E-state index < -0.39 is 32.2 Å². The molecule has 0 unspecified atom stereocenters. The molecule has 112 valence electrons. The van der Waals surface area contributed by atoms with E-state index in [2.05, 4.69) is 5.32 Å². The van der Waals surface area contributed by atoms with Crippen molar-refractivity contribution in [2.45, 2.75) is 51.2 Å². The first-order chi connectivity index (χ1) is 8.77. The molecule has 0 rings (SSSR count). The van der Waals surface area contributed by atoms with E-state index in [4.69, 9.17) is 0 Å². The summed E-state index contributed by atoms with van der Waals surface area (Å²) < 4.78 is 22.4. The second-order valence-electron chi connectivity index (χ2n) is 4.47. The Morgan fingerprint density at radius 3 is 2.05 bits per heavy atom. The summed E-state index contributed by atoms with van der Waals surface area (Å²) in [7, 11) is -4.03. The van der Waals surface area contributed by atoms with Gasteiger partial charge in [0, 0.05) is 6.54 Å². The first kappa shape index (κ1) is 17.9. The lowest BCUT2D eigenvalue weighted by atomic mass is 10.0. The quantitative estimate of drug-likeness (QED) is 0.617. The van der Waals surface area contributed by atoms with Gasteiger partial charge in [0.2, 0.25) is 5.91 Å². The van der Waals surface area contributed by atoms with E-state index >= 15 is 0 Å². The lowest BCUT2D eigenvalue weighted by Crippen LogP contribution is -2.49. The number of sulfone groups is 1. The Bertz CT molecular complexity index is 412. The molecule has 0 aliphatic heterocycles. The molecule has 0 spiro atoms. The van der Waals surface area contributed by atoms with Gasteiger partial charge in [0.25, 0.3) is 0 Å². The Morgan fingerprint density at radius 2 is 1.68 bits per heavy atom. The van der Waals surface area contributed by atoms with E-state index in [0.29, 0.717) is 6.54 Å². The molecule has 0 aromatic rings. The van der Waals surface area contributed by atoms with Crippen molar-refractivity contribution in [3.8, 4) is 0 Å². The molecule has 0 aromatic heterocycles. The van der Waals surface area contributed by atoms with Gasteiger partial charge in [0.15, 0.2) is 14.6 Å². The van der Waals surface area contributed by atoms with E-state index in [1.165, 1.54) is 13.8 Å². The lowest BCUT2D eigenvalue weighted by molar-refractivity contribution is -0.140. The molecule has 0 aromatic carbocycles. The molecule has 0 aliphatic rings. The van der Waals surface area contributed by atoms with E-state index in [1.54, 1.807) is 0 Å². The van der Waals surface area contributed by atoms with Crippen LogP contribution < -0.4 is 5.32 Å². The molecule has 0 fully saturated rings. The number of nitrogens with one attached hydrogen (secondary N) is 1. The number of rotatable bonds is 9. The molecule has 19 heavy (non-hydrogen) atoms. The molecular weight excluding hydrogens is 270 g/mol. The number of carboxylic acid groups (broad SMARTS) is 1. The van der Waals surface area contributed by atoms with Crippen LogP contribution in [-0.4, -0.2) is 42.4 Å². The predicted molar refractivity (Wildman–Crippen MR) is 72.7 cm³/mol. The topological polar surface area (TPSA) is 101 Å². The largest absolute Gasteiger partial charge is 0.480 e. The molecule has 6 nitrogen and oxygen atoms in total. The summed E-state index contributed by atoms with van der Waals surface area (Å²) in [4.78, 5) is 22.8. The Morgan fingerprint density at radius 1 is 1.16 bits per heavy atom. The second-order valence-corrected chi connectivity index (χ2v) is 6.77. The first-order valence-corrected chi connectivity index (χ1v) is 8.15. The van der Waals surface area contributed by atoms with Crippen LogP contribution in [0.25, 0.3) is 0 Å². The van der Waals surface area contributed by atoms with Crippen LogP contribution in [0.4, 0.5) is 0 Å². The Kier molecular flexibility index (Phi) is 7.04. The van der Waals surface area contributed by atoms with Crippen molar-refractivity contribution in [1.29, 1.82) is 0 Å². The first-order valence-electron chi connectivity index (χ1n) is 6.49. The van der Waals surface area contributed by atoms with E-state index in [1.807, 2.05) is 6.92 Å². The number of carboxylic acids is 1. The predicted octanol–water partition coefficient (Wildman–Crippen LogP) is 0.961. The van der Waals surface area contributed by atoms with E-state index in [0.717, 1.165) is 12.8 Å². The van der Waals surface area contributed by atoms with Crippen LogP contribution in [0.15, 0.2) is 0 Å². The van der Waals surface area contributed by atoms with Gasteiger partial charge in [-0.25, -0.2) is 8.42 Å². The normalized spacial score (nSPS) is 12.2. The third-order valence-corrected chi connectivity index (χ3v) is 5.89. The van der Waals surface area contributed by atoms with Gasteiger partial charge in [-0.2, -0.15) is 0 Å². The third-order valence-electron chi connectivity index (χ3n) is 3.30. The zero-order chi connectivity index (χ0) is 15.1. The average Bonchev–Trinajstić information content (AvgIpc) is 2.29. The maximum atomic E-state index is 12.2. The summed E-state index contributed by atoms with van der Waals surface area (Å²) >= 11 is 0. The minimum absolute atomic E-state index is 0.0522. The summed E-state index contributed by atoms with van der Waals surface area (Å²) in [5.41, 5.74) is 0. The van der Waals surface area contributed by atoms with Gasteiger partial charge in [-0.05, 0) is 19.3 Å². The van der Waals surface area contributed by atoms with Crippen LogP contribution in [-0.2, 0) is 19.4 Å². The molecule has 0 aliphatic carbocycles. The molecule has 0 saturated carbocycles. The lowest BCUT2D eigenvalue weighted by Gasteiger charge is -2.26. The molecule has 0 saturated heterocycles. The fourth-order valence-corrected chi connectivity index (χ4v) is 3.76. The van der Waals surface area contributed by atoms with Gasteiger partial charge < -0.3 is 10.4 Å². The summed E-state index contributed by atoms with van der Waals surface area (Å²) in [6, 6.07) is 0. The van der Waals surface area contributed by atoms with Crippen molar-refractivity contribution in [1.82, 2.24) is 5.32 Å². The minimum atomic E-state index is -4.03. The standard InChI is InChI=1S/C12H23NO5S/c1-4-7-8-13-10(14)9-19(17,18)12(5-2,6-3)11(15)16/h4-9H2,1-3H3,(H,13,14)(H,15,16). The molecular formula is C12H23NO5S. The second kappa shape index (κ2) is 7.47. The van der Waals surface area contributed by atoms with Crippen LogP contribution in [0.1, 0.15) is 46.5 Å². The van der Waals surface area contributed by atoms with E-state index in [9.17, 15) is 23.1 Å². The van der Waals surface area contributed by atoms with Gasteiger partial charge in [-0.1, -0.05) is 27.2 Å². The summed E-state index contributed by atoms with van der Waals surface area (Å²) in [5, 5.41) is 11.7. The molecule has 7 heteroatoms. The van der Waals surface area contributed by atoms with Crippen molar-refractivity contribution < 1.29 is 23.1 Å². The fourth-order valence-electron chi connectivity index (χ4n) is 1.89. The van der Waals surface area contributed by atoms with Crippen LogP contribution in [0.2, 0.25) is 0 Å². The zero-order valence-corrected chi connectivity index (χ0v) is 12.5. The van der Waals surface area contributed by atoms with Crippen LogP contribution in [0.3, 0.4) is 0 Å². The molecule has 0 bridgehead atoms. The van der Waals surface area contributed by atoms with E-state index in [-0.39, 0.29) is 12.8 Å². The molecule has 0 heterocycles. The van der Waals surface area contributed by atoms with Gasteiger partial charge in [-0.3, -0.25) is 9.59 Å². The summed E-state index contributed by atoms with van der Waals surface area (Å²) in [5.74, 6) is -2.80. The van der Waals surface area contributed by atoms with Gasteiger partial charge in [0.05, 0.1) is 0 Å². The Balaban J connectivity index is 4.95. The van der Waals surface area contributed by atoms with Gasteiger partial charge in [0.1, 0.15) is 5.75 Å². The number of hydrogen-bond acceptors (Lipinski definition) is 4. The van der Waals surface area contributed by atoms with Crippen molar-refractivity contribution >= 4 is 21.7 Å². The summed E-state index contributed by atoms with van der Waals surface area (Å²) in [6.07, 6.45) is 1.54. The Hall–Kier alpha value is -1.11. The monoisotopic (exact) mass is 293 g/mol. The average molecular weight is 293 g/mol. The molecule has 0 atom stereocenters. The third kappa shape index (κ3) is 4.19. The number of amides is 1. The SMILES string of the molecule is CCCCNC(=O)CS(=O)(=O)C(CC)(CC)C(=O)O. The molecule has 2 N–H and O–H groups in total. The highest BCUT2D eigenvalue weighted by Gasteiger charge is 2.48. The number of aliphatic carboxylic acids is 1. The van der Waals surface area contributed by atoms with Gasteiger partial charge in [-0.15, -0.1) is 0 Å². The number of hydrogen-bond donors (Lipinski definition) is 2. The highest BCUT2D eigenvalue weighted by atomic mass is 32.2. The zero-order valence-electron chi connectivity index (χ0n) is 11.7. The Labute approximate surface area is 114 Å². The van der Waals surface area contributed by atoms with Crippen molar-refractivity contribution in [3.05, 3.63) is 0 Å². The maximum absolute atomic E-state index is 12.2. The summed E-state index contributed by atoms with van der Waals surface area (Å²) in [6.45, 7) is 5.37. The number of carbonyl (C=O) groups is 2. The van der Waals surface area contributed by atoms with Gasteiger partial charge >= 0.3 is 5.97 Å². The molecule has 1 amide bonds.